The number of benzene rings is 1. The second-order valence-electron chi connectivity index (χ2n) is 4.33. The van der Waals surface area contributed by atoms with Gasteiger partial charge in [0, 0.05) is 16.0 Å². The lowest BCUT2D eigenvalue weighted by Crippen LogP contribution is -2.05. The van der Waals surface area contributed by atoms with Crippen molar-refractivity contribution in [3.8, 4) is 0 Å². The summed E-state index contributed by atoms with van der Waals surface area (Å²) in [5.74, 6) is 1.12. The Hall–Kier alpha value is -0.680. The maximum atomic E-state index is 6.19. The van der Waals surface area contributed by atoms with Crippen molar-refractivity contribution in [2.45, 2.75) is 13.3 Å². The third-order valence-electron chi connectivity index (χ3n) is 2.65. The molecule has 2 N–H and O–H groups in total. The van der Waals surface area contributed by atoms with Crippen molar-refractivity contribution in [3.63, 3.8) is 0 Å². The molecule has 21 heavy (non-hydrogen) atoms. The first kappa shape index (κ1) is 16.7. The van der Waals surface area contributed by atoms with Gasteiger partial charge in [-0.15, -0.1) is 0 Å². The number of aromatic nitrogens is 1. The number of halogens is 4. The molecule has 0 aliphatic rings. The normalized spacial score (nSPS) is 10.5. The van der Waals surface area contributed by atoms with E-state index in [2.05, 4.69) is 38.5 Å². The predicted octanol–water partition coefficient (Wildman–Crippen LogP) is 6.37. The molecule has 3 nitrogen and oxygen atoms in total. The van der Waals surface area contributed by atoms with Crippen molar-refractivity contribution in [2.24, 2.45) is 0 Å². The van der Waals surface area contributed by atoms with Gasteiger partial charge in [-0.2, -0.15) is 0 Å². The van der Waals surface area contributed by atoms with Crippen LogP contribution >= 0.6 is 50.7 Å². The van der Waals surface area contributed by atoms with Gasteiger partial charge >= 0.3 is 0 Å². The van der Waals surface area contributed by atoms with E-state index in [0.717, 1.165) is 23.1 Å². The fourth-order valence-electron chi connectivity index (χ4n) is 1.64. The van der Waals surface area contributed by atoms with Gasteiger partial charge in [-0.25, -0.2) is 4.98 Å². The molecule has 7 heteroatoms. The van der Waals surface area contributed by atoms with Gasteiger partial charge in [0.25, 0.3) is 0 Å². The number of anilines is 3. The Morgan fingerprint density at radius 2 is 1.81 bits per heavy atom. The highest BCUT2D eigenvalue weighted by Crippen LogP contribution is 2.34. The van der Waals surface area contributed by atoms with Crippen LogP contribution in [0, 0.1) is 0 Å². The molecule has 2 rings (SSSR count). The summed E-state index contributed by atoms with van der Waals surface area (Å²) in [6.45, 7) is 2.85. The zero-order chi connectivity index (χ0) is 15.4. The number of nitrogens with one attached hydrogen (secondary N) is 2. The standard InChI is InChI=1S/C14H13BrCl3N3/c1-2-5-19-13-10(17)7-11(18)14(21-13)20-12-6-8(16)3-4-9(12)15/h3-4,6-7H,2,5H2,1H3,(H2,19,20,21). The molecule has 1 aromatic heterocycles. The number of rotatable bonds is 5. The molecule has 1 heterocycles. The number of pyridine rings is 1. The van der Waals surface area contributed by atoms with Crippen molar-refractivity contribution >= 4 is 68.1 Å². The van der Waals surface area contributed by atoms with Gasteiger partial charge in [-0.3, -0.25) is 0 Å². The van der Waals surface area contributed by atoms with Crippen molar-refractivity contribution in [3.05, 3.63) is 43.8 Å². The second kappa shape index (κ2) is 7.54. The molecular weight excluding hydrogens is 396 g/mol. The van der Waals surface area contributed by atoms with Crippen LogP contribution in [0.4, 0.5) is 17.3 Å². The van der Waals surface area contributed by atoms with Crippen LogP contribution < -0.4 is 10.6 Å². The first-order valence-electron chi connectivity index (χ1n) is 6.33. The molecule has 0 bridgehead atoms. The van der Waals surface area contributed by atoms with E-state index in [-0.39, 0.29) is 0 Å². The Balaban J connectivity index is 2.32. The molecule has 0 aliphatic heterocycles. The fraction of sp³-hybridized carbons (Fsp3) is 0.214. The Labute approximate surface area is 147 Å². The molecule has 0 amide bonds. The summed E-state index contributed by atoms with van der Waals surface area (Å²) in [7, 11) is 0. The summed E-state index contributed by atoms with van der Waals surface area (Å²) in [6.07, 6.45) is 0.975. The van der Waals surface area contributed by atoms with Crippen molar-refractivity contribution < 1.29 is 0 Å². The molecule has 1 aromatic carbocycles. The van der Waals surface area contributed by atoms with E-state index < -0.39 is 0 Å². The molecule has 112 valence electrons. The third-order valence-corrected chi connectivity index (χ3v) is 4.16. The topological polar surface area (TPSA) is 37.0 Å². The van der Waals surface area contributed by atoms with Gasteiger partial charge in [-0.1, -0.05) is 41.7 Å². The molecule has 0 atom stereocenters. The number of hydrogen-bond donors (Lipinski definition) is 2. The van der Waals surface area contributed by atoms with E-state index in [9.17, 15) is 0 Å². The molecule has 0 unspecified atom stereocenters. The fourth-order valence-corrected chi connectivity index (χ4v) is 2.63. The van der Waals surface area contributed by atoms with Gasteiger partial charge in [0.05, 0.1) is 15.7 Å². The van der Waals surface area contributed by atoms with Crippen LogP contribution in [0.3, 0.4) is 0 Å². The Morgan fingerprint density at radius 1 is 1.10 bits per heavy atom. The molecule has 0 aliphatic carbocycles. The van der Waals surface area contributed by atoms with E-state index in [1.165, 1.54) is 0 Å². The van der Waals surface area contributed by atoms with Crippen molar-refractivity contribution in [1.29, 1.82) is 0 Å². The minimum Gasteiger partial charge on any atom is -0.369 e. The summed E-state index contributed by atoms with van der Waals surface area (Å²) in [4.78, 5) is 4.43. The van der Waals surface area contributed by atoms with E-state index in [1.807, 2.05) is 6.07 Å². The minimum absolute atomic E-state index is 0.439. The van der Waals surface area contributed by atoms with Crippen molar-refractivity contribution in [2.75, 3.05) is 17.2 Å². The Bertz CT molecular complexity index is 650. The van der Waals surface area contributed by atoms with Crippen molar-refractivity contribution in [1.82, 2.24) is 4.98 Å². The minimum atomic E-state index is 0.439. The number of hydrogen-bond acceptors (Lipinski definition) is 3. The first-order chi connectivity index (χ1) is 10.0. The molecule has 0 fully saturated rings. The zero-order valence-corrected chi connectivity index (χ0v) is 15.0. The summed E-state index contributed by atoms with van der Waals surface area (Å²) in [5.41, 5.74) is 0.778. The molecular formula is C14H13BrCl3N3. The number of nitrogens with zero attached hydrogens (tertiary/aromatic N) is 1. The van der Waals surface area contributed by atoms with Gasteiger partial charge in [0.2, 0.25) is 0 Å². The molecule has 0 spiro atoms. The molecule has 0 saturated heterocycles. The maximum Gasteiger partial charge on any atom is 0.151 e. The van der Waals surface area contributed by atoms with Crippen LogP contribution in [0.5, 0.6) is 0 Å². The Kier molecular flexibility index (Phi) is 5.99. The van der Waals surface area contributed by atoms with Gasteiger partial charge in [0.15, 0.2) is 5.82 Å². The summed E-state index contributed by atoms with van der Waals surface area (Å²) in [5, 5.41) is 7.86. The van der Waals surface area contributed by atoms with Crippen LogP contribution in [-0.4, -0.2) is 11.5 Å². The van der Waals surface area contributed by atoms with E-state index >= 15 is 0 Å². The highest BCUT2D eigenvalue weighted by molar-refractivity contribution is 9.10. The highest BCUT2D eigenvalue weighted by Gasteiger charge is 2.11. The van der Waals surface area contributed by atoms with Crippen LogP contribution in [0.15, 0.2) is 28.7 Å². The van der Waals surface area contributed by atoms with Crippen LogP contribution in [-0.2, 0) is 0 Å². The lowest BCUT2D eigenvalue weighted by molar-refractivity contribution is 0.970. The lowest BCUT2D eigenvalue weighted by Gasteiger charge is -2.13. The SMILES string of the molecule is CCCNc1nc(Nc2cc(Cl)ccc2Br)c(Cl)cc1Cl. The molecule has 0 saturated carbocycles. The quantitative estimate of drug-likeness (QED) is 0.602. The smallest absolute Gasteiger partial charge is 0.151 e. The largest absolute Gasteiger partial charge is 0.369 e. The monoisotopic (exact) mass is 407 g/mol. The molecule has 2 aromatic rings. The average molecular weight is 410 g/mol. The highest BCUT2D eigenvalue weighted by atomic mass is 79.9. The van der Waals surface area contributed by atoms with E-state index in [4.69, 9.17) is 34.8 Å². The second-order valence-corrected chi connectivity index (χ2v) is 6.43. The lowest BCUT2D eigenvalue weighted by atomic mass is 10.3. The summed E-state index contributed by atoms with van der Waals surface area (Å²) >= 11 is 21.8. The van der Waals surface area contributed by atoms with Gasteiger partial charge < -0.3 is 10.6 Å². The maximum absolute atomic E-state index is 6.19. The van der Waals surface area contributed by atoms with Gasteiger partial charge in [0.1, 0.15) is 5.82 Å². The van der Waals surface area contributed by atoms with E-state index in [0.29, 0.717) is 26.7 Å². The average Bonchev–Trinajstić information content (AvgIpc) is 2.44. The third kappa shape index (κ3) is 4.39. The molecule has 0 radical (unpaired) electrons. The summed E-state index contributed by atoms with van der Waals surface area (Å²) in [6, 6.07) is 7.10. The van der Waals surface area contributed by atoms with Crippen LogP contribution in [0.25, 0.3) is 0 Å². The van der Waals surface area contributed by atoms with E-state index in [1.54, 1.807) is 18.2 Å². The zero-order valence-electron chi connectivity index (χ0n) is 11.2. The summed E-state index contributed by atoms with van der Waals surface area (Å²) < 4.78 is 0.864. The van der Waals surface area contributed by atoms with Gasteiger partial charge in [-0.05, 0) is 46.6 Å². The van der Waals surface area contributed by atoms with Crippen LogP contribution in [0.2, 0.25) is 15.1 Å². The predicted molar refractivity (Wildman–Crippen MR) is 95.5 cm³/mol. The Morgan fingerprint density at radius 3 is 2.52 bits per heavy atom. The first-order valence-corrected chi connectivity index (χ1v) is 8.26. The van der Waals surface area contributed by atoms with Crippen LogP contribution in [0.1, 0.15) is 13.3 Å².